The lowest BCUT2D eigenvalue weighted by molar-refractivity contribution is 0.432. The van der Waals surface area contributed by atoms with Crippen LogP contribution in [0.25, 0.3) is 0 Å². The molecule has 0 aliphatic heterocycles. The molecule has 0 aliphatic carbocycles. The first-order valence-electron chi connectivity index (χ1n) is 7.20. The molecule has 0 atom stereocenters. The molecule has 0 aromatic heterocycles. The maximum atomic E-state index is 13.2. The van der Waals surface area contributed by atoms with Gasteiger partial charge in [-0.05, 0) is 55.8 Å². The monoisotopic (exact) mass is 288 g/mol. The van der Waals surface area contributed by atoms with E-state index in [0.29, 0.717) is 6.54 Å². The summed E-state index contributed by atoms with van der Waals surface area (Å²) < 4.78 is 13.2. The van der Waals surface area contributed by atoms with Crippen molar-refractivity contribution in [2.45, 2.75) is 20.4 Å². The van der Waals surface area contributed by atoms with E-state index in [1.165, 1.54) is 17.8 Å². The highest BCUT2D eigenvalue weighted by atomic mass is 19.1. The van der Waals surface area contributed by atoms with Crippen LogP contribution in [0.1, 0.15) is 19.4 Å². The molecule has 0 fully saturated rings. The van der Waals surface area contributed by atoms with E-state index in [9.17, 15) is 4.39 Å². The molecule has 0 spiro atoms. The van der Waals surface area contributed by atoms with Crippen molar-refractivity contribution in [3.05, 3.63) is 53.8 Å². The summed E-state index contributed by atoms with van der Waals surface area (Å²) in [5.41, 5.74) is 2.97. The lowest BCUT2D eigenvalue weighted by atomic mass is 10.2. The molecule has 0 saturated carbocycles. The molecular weight excluding hydrogens is 267 g/mol. The van der Waals surface area contributed by atoms with Gasteiger partial charge in [-0.2, -0.15) is 0 Å². The fourth-order valence-corrected chi connectivity index (χ4v) is 2.24. The van der Waals surface area contributed by atoms with E-state index in [-0.39, 0.29) is 5.75 Å². The number of nitrogens with zero attached hydrogens (tertiary/aromatic N) is 1. The van der Waals surface area contributed by atoms with Crippen LogP contribution in [0.2, 0.25) is 0 Å². The Kier molecular flexibility index (Phi) is 5.04. The second-order valence-electron chi connectivity index (χ2n) is 4.86. The number of nitrogens with one attached hydrogen (secondary N) is 1. The van der Waals surface area contributed by atoms with Crippen LogP contribution in [0.5, 0.6) is 5.75 Å². The molecule has 112 valence electrons. The molecule has 0 unspecified atom stereocenters. The Bertz CT molecular complexity index is 580. The third-order valence-corrected chi connectivity index (χ3v) is 3.50. The minimum absolute atomic E-state index is 0.317. The fraction of sp³-hybridized carbons (Fsp3) is 0.294. The van der Waals surface area contributed by atoms with Gasteiger partial charge in [0.2, 0.25) is 0 Å². The van der Waals surface area contributed by atoms with Gasteiger partial charge < -0.3 is 15.3 Å². The summed E-state index contributed by atoms with van der Waals surface area (Å²) in [6.45, 7) is 6.75. The molecule has 4 heteroatoms. The van der Waals surface area contributed by atoms with E-state index in [4.69, 9.17) is 5.11 Å². The highest BCUT2D eigenvalue weighted by Gasteiger charge is 2.03. The second kappa shape index (κ2) is 6.97. The maximum Gasteiger partial charge on any atom is 0.165 e. The number of rotatable bonds is 6. The van der Waals surface area contributed by atoms with Gasteiger partial charge in [-0.1, -0.05) is 6.07 Å². The summed E-state index contributed by atoms with van der Waals surface area (Å²) in [5, 5.41) is 12.4. The van der Waals surface area contributed by atoms with Crippen LogP contribution in [-0.4, -0.2) is 18.2 Å². The van der Waals surface area contributed by atoms with Gasteiger partial charge in [-0.25, -0.2) is 4.39 Å². The zero-order chi connectivity index (χ0) is 15.2. The molecule has 3 nitrogen and oxygen atoms in total. The molecule has 0 radical (unpaired) electrons. The second-order valence-corrected chi connectivity index (χ2v) is 4.86. The maximum absolute atomic E-state index is 13.2. The highest BCUT2D eigenvalue weighted by molar-refractivity contribution is 5.55. The Morgan fingerprint density at radius 1 is 1.05 bits per heavy atom. The minimum Gasteiger partial charge on any atom is -0.505 e. The number of benzene rings is 2. The van der Waals surface area contributed by atoms with Crippen LogP contribution >= 0.6 is 0 Å². The smallest absolute Gasteiger partial charge is 0.165 e. The zero-order valence-corrected chi connectivity index (χ0v) is 12.4. The molecular formula is C17H21FN2O. The van der Waals surface area contributed by atoms with Crippen LogP contribution in [0.3, 0.4) is 0 Å². The SMILES string of the molecule is CCN(CC)c1ccc(NCc2ccc(O)c(F)c2)cc1. The van der Waals surface area contributed by atoms with Crippen LogP contribution in [-0.2, 0) is 6.54 Å². The van der Waals surface area contributed by atoms with Crippen molar-refractivity contribution < 1.29 is 9.50 Å². The van der Waals surface area contributed by atoms with Crippen molar-refractivity contribution >= 4 is 11.4 Å². The molecule has 2 aromatic carbocycles. The van der Waals surface area contributed by atoms with E-state index < -0.39 is 5.82 Å². The van der Waals surface area contributed by atoms with Crippen LogP contribution < -0.4 is 10.2 Å². The van der Waals surface area contributed by atoms with Gasteiger partial charge in [0.25, 0.3) is 0 Å². The standard InChI is InChI=1S/C17H21FN2O/c1-3-20(4-2)15-8-6-14(7-9-15)19-12-13-5-10-17(21)16(18)11-13/h5-11,19,21H,3-4,12H2,1-2H3. The van der Waals surface area contributed by atoms with Gasteiger partial charge in [0, 0.05) is 31.0 Å². The number of hydrogen-bond donors (Lipinski definition) is 2. The van der Waals surface area contributed by atoms with Crippen molar-refractivity contribution in [1.82, 2.24) is 0 Å². The van der Waals surface area contributed by atoms with Crippen molar-refractivity contribution in [2.75, 3.05) is 23.3 Å². The average Bonchev–Trinajstić information content (AvgIpc) is 2.51. The van der Waals surface area contributed by atoms with Gasteiger partial charge in [0.05, 0.1) is 0 Å². The largest absolute Gasteiger partial charge is 0.505 e. The number of phenolic OH excluding ortho intramolecular Hbond substituents is 1. The van der Waals surface area contributed by atoms with Gasteiger partial charge in [-0.3, -0.25) is 0 Å². The number of phenols is 1. The van der Waals surface area contributed by atoms with E-state index in [1.54, 1.807) is 6.07 Å². The van der Waals surface area contributed by atoms with E-state index in [2.05, 4.69) is 36.2 Å². The summed E-state index contributed by atoms with van der Waals surface area (Å²) in [5.74, 6) is -0.909. The number of aromatic hydroxyl groups is 1. The normalized spacial score (nSPS) is 10.4. The molecule has 2 aromatic rings. The quantitative estimate of drug-likeness (QED) is 0.843. The predicted octanol–water partition coefficient (Wildman–Crippen LogP) is 3.99. The molecule has 0 amide bonds. The first-order valence-corrected chi connectivity index (χ1v) is 7.20. The predicted molar refractivity (Wildman–Crippen MR) is 85.4 cm³/mol. The Morgan fingerprint density at radius 3 is 2.29 bits per heavy atom. The summed E-state index contributed by atoms with van der Waals surface area (Å²) in [6, 6.07) is 12.6. The third kappa shape index (κ3) is 3.88. The summed E-state index contributed by atoms with van der Waals surface area (Å²) >= 11 is 0. The molecule has 0 heterocycles. The molecule has 0 saturated heterocycles. The van der Waals surface area contributed by atoms with Gasteiger partial charge in [0.15, 0.2) is 11.6 Å². The van der Waals surface area contributed by atoms with Gasteiger partial charge >= 0.3 is 0 Å². The Balaban J connectivity index is 1.98. The molecule has 0 bridgehead atoms. The van der Waals surface area contributed by atoms with Crippen LogP contribution in [0, 0.1) is 5.82 Å². The zero-order valence-electron chi connectivity index (χ0n) is 12.4. The van der Waals surface area contributed by atoms with Crippen molar-refractivity contribution in [3.63, 3.8) is 0 Å². The van der Waals surface area contributed by atoms with E-state index in [1.807, 2.05) is 12.1 Å². The number of anilines is 2. The lowest BCUT2D eigenvalue weighted by Crippen LogP contribution is -2.21. The Morgan fingerprint density at radius 2 is 1.71 bits per heavy atom. The van der Waals surface area contributed by atoms with E-state index >= 15 is 0 Å². The van der Waals surface area contributed by atoms with E-state index in [0.717, 1.165) is 24.3 Å². The third-order valence-electron chi connectivity index (χ3n) is 3.50. The highest BCUT2D eigenvalue weighted by Crippen LogP contribution is 2.20. The molecule has 0 aliphatic rings. The summed E-state index contributed by atoms with van der Waals surface area (Å²) in [4.78, 5) is 2.28. The van der Waals surface area contributed by atoms with Crippen molar-refractivity contribution in [1.29, 1.82) is 0 Å². The van der Waals surface area contributed by atoms with Crippen LogP contribution in [0.4, 0.5) is 15.8 Å². The fourth-order valence-electron chi connectivity index (χ4n) is 2.24. The Hall–Kier alpha value is -2.23. The van der Waals surface area contributed by atoms with Gasteiger partial charge in [0.1, 0.15) is 0 Å². The molecule has 2 N–H and O–H groups in total. The summed E-state index contributed by atoms with van der Waals surface area (Å²) in [6.07, 6.45) is 0. The average molecular weight is 288 g/mol. The summed E-state index contributed by atoms with van der Waals surface area (Å²) in [7, 11) is 0. The topological polar surface area (TPSA) is 35.5 Å². The van der Waals surface area contributed by atoms with Crippen molar-refractivity contribution in [2.24, 2.45) is 0 Å². The number of hydrogen-bond acceptors (Lipinski definition) is 3. The molecule has 2 rings (SSSR count). The lowest BCUT2D eigenvalue weighted by Gasteiger charge is -2.21. The number of halogens is 1. The van der Waals surface area contributed by atoms with Crippen LogP contribution in [0.15, 0.2) is 42.5 Å². The first-order chi connectivity index (χ1) is 10.1. The first kappa shape index (κ1) is 15.2. The van der Waals surface area contributed by atoms with Crippen molar-refractivity contribution in [3.8, 4) is 5.75 Å². The van der Waals surface area contributed by atoms with Gasteiger partial charge in [-0.15, -0.1) is 0 Å². The Labute approximate surface area is 125 Å². The minimum atomic E-state index is -0.591. The molecule has 21 heavy (non-hydrogen) atoms.